The first-order valence-electron chi connectivity index (χ1n) is 9.78. The lowest BCUT2D eigenvalue weighted by Gasteiger charge is -2.14. The molecule has 2 heterocycles. The van der Waals surface area contributed by atoms with Crippen molar-refractivity contribution in [1.82, 2.24) is 9.97 Å². The van der Waals surface area contributed by atoms with Gasteiger partial charge in [-0.05, 0) is 49.5 Å². The van der Waals surface area contributed by atoms with Gasteiger partial charge in [-0.2, -0.15) is 5.26 Å². The minimum atomic E-state index is -0.438. The number of nitrogens with zero attached hydrogens (tertiary/aromatic N) is 4. The van der Waals surface area contributed by atoms with Gasteiger partial charge in [0.1, 0.15) is 11.6 Å². The van der Waals surface area contributed by atoms with E-state index in [-0.39, 0.29) is 5.57 Å². The van der Waals surface area contributed by atoms with Gasteiger partial charge in [-0.25, -0.2) is 9.97 Å². The number of carbonyl (C=O) groups is 1. The van der Waals surface area contributed by atoms with Crippen molar-refractivity contribution in [3.63, 3.8) is 0 Å². The fourth-order valence-corrected chi connectivity index (χ4v) is 3.14. The van der Waals surface area contributed by atoms with Crippen molar-refractivity contribution < 1.29 is 4.79 Å². The summed E-state index contributed by atoms with van der Waals surface area (Å²) < 4.78 is 0. The van der Waals surface area contributed by atoms with Crippen molar-refractivity contribution in [2.45, 2.75) is 39.0 Å². The Morgan fingerprint density at radius 2 is 1.89 bits per heavy atom. The molecule has 1 aliphatic rings. The Balaban J connectivity index is 1.64. The van der Waals surface area contributed by atoms with E-state index in [2.05, 4.69) is 27.1 Å². The average Bonchev–Trinajstić information content (AvgIpc) is 3.27. The first-order chi connectivity index (χ1) is 13.7. The molecule has 6 nitrogen and oxygen atoms in total. The normalized spacial score (nSPS) is 14.0. The van der Waals surface area contributed by atoms with Gasteiger partial charge in [0.25, 0.3) is 5.91 Å². The molecule has 1 saturated heterocycles. The number of carbonyl (C=O) groups excluding carboxylic acids is 1. The van der Waals surface area contributed by atoms with Crippen molar-refractivity contribution in [3.8, 4) is 6.07 Å². The number of rotatable bonds is 7. The van der Waals surface area contributed by atoms with E-state index in [4.69, 9.17) is 0 Å². The summed E-state index contributed by atoms with van der Waals surface area (Å²) in [6.07, 6.45) is 10.4. The molecule has 0 unspecified atom stereocenters. The zero-order chi connectivity index (χ0) is 19.8. The maximum Gasteiger partial charge on any atom is 0.266 e. The summed E-state index contributed by atoms with van der Waals surface area (Å²) in [4.78, 5) is 23.3. The number of hydrogen-bond donors (Lipinski definition) is 1. The van der Waals surface area contributed by atoms with Crippen LogP contribution in [0.2, 0.25) is 0 Å². The summed E-state index contributed by atoms with van der Waals surface area (Å²) in [6.45, 7) is 4.10. The van der Waals surface area contributed by atoms with Crippen LogP contribution in [0.3, 0.4) is 0 Å². The van der Waals surface area contributed by atoms with E-state index in [1.165, 1.54) is 11.6 Å². The summed E-state index contributed by atoms with van der Waals surface area (Å²) in [5.74, 6) is 0.258. The van der Waals surface area contributed by atoms with Crippen LogP contribution in [0.5, 0.6) is 0 Å². The molecule has 1 fully saturated rings. The van der Waals surface area contributed by atoms with Crippen LogP contribution in [0.1, 0.15) is 43.7 Å². The molecule has 0 bridgehead atoms. The highest BCUT2D eigenvalue weighted by molar-refractivity contribution is 6.09. The van der Waals surface area contributed by atoms with Gasteiger partial charge < -0.3 is 10.2 Å². The monoisotopic (exact) mass is 375 g/mol. The number of nitrogens with one attached hydrogen (secondary N) is 1. The Kier molecular flexibility index (Phi) is 6.74. The minimum Gasteiger partial charge on any atom is -0.341 e. The largest absolute Gasteiger partial charge is 0.341 e. The molecule has 1 amide bonds. The minimum absolute atomic E-state index is 0.0209. The van der Waals surface area contributed by atoms with E-state index in [1.54, 1.807) is 12.4 Å². The third kappa shape index (κ3) is 5.17. The second-order valence-electron chi connectivity index (χ2n) is 6.93. The SMILES string of the molecule is CCCCc1ccc(NC(=O)/C(C#N)=C/c2cnc(N3CCCC3)nc2)cc1. The summed E-state index contributed by atoms with van der Waals surface area (Å²) >= 11 is 0. The highest BCUT2D eigenvalue weighted by atomic mass is 16.1. The zero-order valence-electron chi connectivity index (χ0n) is 16.2. The Morgan fingerprint density at radius 3 is 2.50 bits per heavy atom. The molecule has 1 N–H and O–H groups in total. The molecule has 0 saturated carbocycles. The molecule has 1 aliphatic heterocycles. The third-order valence-corrected chi connectivity index (χ3v) is 4.75. The smallest absolute Gasteiger partial charge is 0.266 e. The molecule has 144 valence electrons. The van der Waals surface area contributed by atoms with Crippen molar-refractivity contribution in [2.75, 3.05) is 23.3 Å². The fourth-order valence-electron chi connectivity index (χ4n) is 3.14. The molecule has 3 rings (SSSR count). The van der Waals surface area contributed by atoms with E-state index >= 15 is 0 Å². The van der Waals surface area contributed by atoms with Crippen LogP contribution in [-0.2, 0) is 11.2 Å². The maximum atomic E-state index is 12.4. The lowest BCUT2D eigenvalue weighted by molar-refractivity contribution is -0.112. The van der Waals surface area contributed by atoms with Gasteiger partial charge in [-0.3, -0.25) is 4.79 Å². The third-order valence-electron chi connectivity index (χ3n) is 4.75. The van der Waals surface area contributed by atoms with Crippen molar-refractivity contribution in [1.29, 1.82) is 5.26 Å². The van der Waals surface area contributed by atoms with Crippen molar-refractivity contribution in [3.05, 3.63) is 53.4 Å². The highest BCUT2D eigenvalue weighted by Crippen LogP contribution is 2.17. The lowest BCUT2D eigenvalue weighted by atomic mass is 10.1. The van der Waals surface area contributed by atoms with Crippen LogP contribution in [0.4, 0.5) is 11.6 Å². The molecular weight excluding hydrogens is 350 g/mol. The molecule has 6 heteroatoms. The molecule has 28 heavy (non-hydrogen) atoms. The summed E-state index contributed by atoms with van der Waals surface area (Å²) in [6, 6.07) is 9.71. The Bertz CT molecular complexity index is 859. The number of unbranched alkanes of at least 4 members (excludes halogenated alkanes) is 1. The number of nitriles is 1. The van der Waals surface area contributed by atoms with Crippen LogP contribution >= 0.6 is 0 Å². The zero-order valence-corrected chi connectivity index (χ0v) is 16.2. The fraction of sp³-hybridized carbons (Fsp3) is 0.364. The van der Waals surface area contributed by atoms with Crippen LogP contribution in [0.25, 0.3) is 6.08 Å². The maximum absolute atomic E-state index is 12.4. The standard InChI is InChI=1S/C22H25N5O/c1-2-3-6-17-7-9-20(10-8-17)26-21(28)19(14-23)13-18-15-24-22(25-16-18)27-11-4-5-12-27/h7-10,13,15-16H,2-6,11-12H2,1H3,(H,26,28)/b19-13+. The Morgan fingerprint density at radius 1 is 1.21 bits per heavy atom. The van der Waals surface area contributed by atoms with E-state index in [1.807, 2.05) is 30.3 Å². The molecular formula is C22H25N5O. The molecule has 0 aliphatic carbocycles. The first-order valence-corrected chi connectivity index (χ1v) is 9.78. The average molecular weight is 375 g/mol. The second-order valence-corrected chi connectivity index (χ2v) is 6.93. The quantitative estimate of drug-likeness (QED) is 0.585. The van der Waals surface area contributed by atoms with Gasteiger partial charge in [0.05, 0.1) is 0 Å². The summed E-state index contributed by atoms with van der Waals surface area (Å²) in [5.41, 5.74) is 2.57. The molecule has 0 spiro atoms. The molecule has 0 atom stereocenters. The van der Waals surface area contributed by atoms with Gasteiger partial charge in [0, 0.05) is 36.7 Å². The Labute approximate surface area is 165 Å². The van der Waals surface area contributed by atoms with Gasteiger partial charge in [0.2, 0.25) is 5.95 Å². The topological polar surface area (TPSA) is 81.9 Å². The van der Waals surface area contributed by atoms with E-state index in [0.29, 0.717) is 17.2 Å². The molecule has 1 aromatic carbocycles. The highest BCUT2D eigenvalue weighted by Gasteiger charge is 2.15. The number of hydrogen-bond acceptors (Lipinski definition) is 5. The molecule has 0 radical (unpaired) electrons. The van der Waals surface area contributed by atoms with Crippen molar-refractivity contribution in [2.24, 2.45) is 0 Å². The van der Waals surface area contributed by atoms with Crippen LogP contribution in [-0.4, -0.2) is 29.0 Å². The van der Waals surface area contributed by atoms with Crippen molar-refractivity contribution >= 4 is 23.6 Å². The summed E-state index contributed by atoms with van der Waals surface area (Å²) in [5, 5.41) is 12.1. The van der Waals surface area contributed by atoms with Gasteiger partial charge in [-0.1, -0.05) is 25.5 Å². The number of aromatic nitrogens is 2. The van der Waals surface area contributed by atoms with Crippen LogP contribution < -0.4 is 10.2 Å². The van der Waals surface area contributed by atoms with Crippen LogP contribution in [0, 0.1) is 11.3 Å². The number of benzene rings is 1. The second kappa shape index (κ2) is 9.65. The number of aryl methyl sites for hydroxylation is 1. The molecule has 1 aromatic heterocycles. The number of anilines is 2. The Hall–Kier alpha value is -3.20. The molecule has 2 aromatic rings. The predicted octanol–water partition coefficient (Wildman–Crippen LogP) is 3.97. The predicted molar refractivity (Wildman–Crippen MR) is 111 cm³/mol. The van der Waals surface area contributed by atoms with E-state index in [9.17, 15) is 10.1 Å². The van der Waals surface area contributed by atoms with E-state index < -0.39 is 5.91 Å². The summed E-state index contributed by atoms with van der Waals surface area (Å²) in [7, 11) is 0. The van der Waals surface area contributed by atoms with Gasteiger partial charge >= 0.3 is 0 Å². The number of amides is 1. The van der Waals surface area contributed by atoms with Gasteiger partial charge in [0.15, 0.2) is 0 Å². The van der Waals surface area contributed by atoms with Gasteiger partial charge in [-0.15, -0.1) is 0 Å². The van der Waals surface area contributed by atoms with Crippen LogP contribution in [0.15, 0.2) is 42.2 Å². The first kappa shape index (κ1) is 19.6. The van der Waals surface area contributed by atoms with E-state index in [0.717, 1.165) is 45.2 Å². The lowest BCUT2D eigenvalue weighted by Crippen LogP contribution is -2.20.